The molecule has 2 aromatic carbocycles. The zero-order valence-electron chi connectivity index (χ0n) is 16.9. The van der Waals surface area contributed by atoms with E-state index in [0.717, 1.165) is 42.7 Å². The second-order valence-electron chi connectivity index (χ2n) is 7.68. The molecule has 0 radical (unpaired) electrons. The minimum atomic E-state index is -0.581. The molecule has 1 aliphatic heterocycles. The van der Waals surface area contributed by atoms with Crippen molar-refractivity contribution in [2.45, 2.75) is 6.10 Å². The lowest BCUT2D eigenvalue weighted by atomic mass is 10.00. The predicted octanol–water partition coefficient (Wildman–Crippen LogP) is 2.41. The third kappa shape index (κ3) is 4.99. The molecule has 6 nitrogen and oxygen atoms in total. The zero-order chi connectivity index (χ0) is 20.9. The molecule has 1 amide bonds. The maximum atomic E-state index is 11.0. The summed E-state index contributed by atoms with van der Waals surface area (Å²) in [4.78, 5) is 15.3. The van der Waals surface area contributed by atoms with Gasteiger partial charge in [0.25, 0.3) is 0 Å². The molecule has 1 atom stereocenters. The van der Waals surface area contributed by atoms with E-state index >= 15 is 0 Å². The SMILES string of the molecule is NC(=O)CN1CCN(CC(O)COc2ccc(-c3ccsc3)c3ccccc23)CC1. The molecule has 30 heavy (non-hydrogen) atoms. The van der Waals surface area contributed by atoms with E-state index in [1.54, 1.807) is 11.3 Å². The highest BCUT2D eigenvalue weighted by atomic mass is 32.1. The molecule has 0 bridgehead atoms. The van der Waals surface area contributed by atoms with Gasteiger partial charge in [-0.1, -0.05) is 30.3 Å². The Bertz CT molecular complexity index is 985. The Morgan fingerprint density at radius 1 is 1.07 bits per heavy atom. The lowest BCUT2D eigenvalue weighted by Crippen LogP contribution is -2.50. The Kier molecular flexibility index (Phi) is 6.64. The molecule has 0 saturated carbocycles. The Morgan fingerprint density at radius 2 is 1.80 bits per heavy atom. The van der Waals surface area contributed by atoms with Gasteiger partial charge in [0, 0.05) is 38.1 Å². The van der Waals surface area contributed by atoms with Crippen LogP contribution in [0.1, 0.15) is 0 Å². The van der Waals surface area contributed by atoms with Gasteiger partial charge in [-0.2, -0.15) is 11.3 Å². The number of benzene rings is 2. The third-order valence-corrected chi connectivity index (χ3v) is 6.14. The smallest absolute Gasteiger partial charge is 0.231 e. The largest absolute Gasteiger partial charge is 0.490 e. The number of rotatable bonds is 8. The van der Waals surface area contributed by atoms with Gasteiger partial charge in [-0.25, -0.2) is 0 Å². The molecule has 2 heterocycles. The number of hydrogen-bond acceptors (Lipinski definition) is 6. The van der Waals surface area contributed by atoms with Crippen LogP contribution in [0.2, 0.25) is 0 Å². The molecule has 4 rings (SSSR count). The lowest BCUT2D eigenvalue weighted by Gasteiger charge is -2.34. The standard InChI is InChI=1S/C23H27N3O3S/c24-23(28)14-26-10-8-25(9-11-26)13-18(27)15-29-22-6-5-19(17-7-12-30-16-17)20-3-1-2-4-21(20)22/h1-7,12,16,18,27H,8-11,13-15H2,(H2,24,28). The maximum absolute atomic E-state index is 11.0. The van der Waals surface area contributed by atoms with Crippen LogP contribution in [0.25, 0.3) is 21.9 Å². The molecule has 1 aromatic heterocycles. The summed E-state index contributed by atoms with van der Waals surface area (Å²) in [7, 11) is 0. The molecular weight excluding hydrogens is 398 g/mol. The van der Waals surface area contributed by atoms with Crippen LogP contribution in [0.15, 0.2) is 53.2 Å². The van der Waals surface area contributed by atoms with Crippen LogP contribution in [0.5, 0.6) is 5.75 Å². The molecule has 1 unspecified atom stereocenters. The van der Waals surface area contributed by atoms with Gasteiger partial charge in [-0.3, -0.25) is 14.6 Å². The van der Waals surface area contributed by atoms with Crippen molar-refractivity contribution < 1.29 is 14.6 Å². The first kappa shape index (κ1) is 20.8. The Hall–Kier alpha value is -2.45. The van der Waals surface area contributed by atoms with Crippen molar-refractivity contribution in [3.8, 4) is 16.9 Å². The van der Waals surface area contributed by atoms with Crippen LogP contribution < -0.4 is 10.5 Å². The average molecular weight is 426 g/mol. The summed E-state index contributed by atoms with van der Waals surface area (Å²) in [6, 6.07) is 14.4. The van der Waals surface area contributed by atoms with E-state index in [9.17, 15) is 9.90 Å². The number of nitrogens with zero attached hydrogens (tertiary/aromatic N) is 2. The first-order valence-electron chi connectivity index (χ1n) is 10.2. The van der Waals surface area contributed by atoms with E-state index in [0.29, 0.717) is 13.1 Å². The number of thiophene rings is 1. The van der Waals surface area contributed by atoms with E-state index in [1.165, 1.54) is 11.1 Å². The number of aliphatic hydroxyl groups excluding tert-OH is 1. The molecular formula is C23H27N3O3S. The summed E-state index contributed by atoms with van der Waals surface area (Å²) in [6.07, 6.45) is -0.581. The summed E-state index contributed by atoms with van der Waals surface area (Å²) in [5.41, 5.74) is 7.65. The minimum Gasteiger partial charge on any atom is -0.490 e. The number of fused-ring (bicyclic) bond motifs is 1. The quantitative estimate of drug-likeness (QED) is 0.580. The van der Waals surface area contributed by atoms with Crippen LogP contribution in [-0.2, 0) is 4.79 Å². The summed E-state index contributed by atoms with van der Waals surface area (Å²) >= 11 is 1.69. The zero-order valence-corrected chi connectivity index (χ0v) is 17.7. The van der Waals surface area contributed by atoms with Crippen molar-refractivity contribution >= 4 is 28.0 Å². The van der Waals surface area contributed by atoms with E-state index in [4.69, 9.17) is 10.5 Å². The second kappa shape index (κ2) is 9.57. The third-order valence-electron chi connectivity index (χ3n) is 5.46. The maximum Gasteiger partial charge on any atom is 0.231 e. The van der Waals surface area contributed by atoms with Gasteiger partial charge < -0.3 is 15.6 Å². The average Bonchev–Trinajstić information content (AvgIpc) is 3.27. The van der Waals surface area contributed by atoms with Gasteiger partial charge in [0.1, 0.15) is 18.5 Å². The van der Waals surface area contributed by atoms with Crippen LogP contribution in [0.3, 0.4) is 0 Å². The minimum absolute atomic E-state index is 0.239. The molecule has 1 fully saturated rings. The number of carbonyl (C=O) groups is 1. The number of amides is 1. The monoisotopic (exact) mass is 425 g/mol. The first-order valence-corrected chi connectivity index (χ1v) is 11.1. The molecule has 3 N–H and O–H groups in total. The summed E-state index contributed by atoms with van der Waals surface area (Å²) in [5.74, 6) is 0.490. The number of aliphatic hydroxyl groups is 1. The number of carbonyl (C=O) groups excluding carboxylic acids is 1. The van der Waals surface area contributed by atoms with Crippen molar-refractivity contribution in [2.24, 2.45) is 5.73 Å². The Balaban J connectivity index is 1.36. The second-order valence-corrected chi connectivity index (χ2v) is 8.46. The van der Waals surface area contributed by atoms with E-state index in [-0.39, 0.29) is 12.5 Å². The van der Waals surface area contributed by atoms with Crippen LogP contribution >= 0.6 is 11.3 Å². The summed E-state index contributed by atoms with van der Waals surface area (Å²) < 4.78 is 6.02. The highest BCUT2D eigenvalue weighted by Crippen LogP contribution is 2.35. The van der Waals surface area contributed by atoms with Crippen molar-refractivity contribution in [3.63, 3.8) is 0 Å². The molecule has 1 saturated heterocycles. The van der Waals surface area contributed by atoms with Gasteiger partial charge in [0.05, 0.1) is 6.54 Å². The number of piperazine rings is 1. The van der Waals surface area contributed by atoms with Crippen LogP contribution in [-0.4, -0.2) is 72.8 Å². The number of ether oxygens (including phenoxy) is 1. The number of hydrogen-bond donors (Lipinski definition) is 2. The van der Waals surface area contributed by atoms with Crippen molar-refractivity contribution in [2.75, 3.05) is 45.9 Å². The number of β-amino-alcohol motifs (C(OH)–C–C–N with tert-alkyl or cyclic N) is 1. The fraction of sp³-hybridized carbons (Fsp3) is 0.348. The van der Waals surface area contributed by atoms with Gasteiger partial charge >= 0.3 is 0 Å². The van der Waals surface area contributed by atoms with E-state index in [1.807, 2.05) is 23.1 Å². The molecule has 0 aliphatic carbocycles. The molecule has 1 aliphatic rings. The first-order chi connectivity index (χ1) is 14.6. The normalized spacial score (nSPS) is 16.6. The van der Waals surface area contributed by atoms with Gasteiger partial charge in [-0.15, -0.1) is 0 Å². The van der Waals surface area contributed by atoms with Gasteiger partial charge in [0.15, 0.2) is 0 Å². The highest BCUT2D eigenvalue weighted by molar-refractivity contribution is 7.08. The molecule has 158 valence electrons. The Labute approximate surface area is 180 Å². The summed E-state index contributed by atoms with van der Waals surface area (Å²) in [6.45, 7) is 4.27. The van der Waals surface area contributed by atoms with Crippen molar-refractivity contribution in [1.29, 1.82) is 0 Å². The van der Waals surface area contributed by atoms with Gasteiger partial charge in [-0.05, 0) is 39.4 Å². The highest BCUT2D eigenvalue weighted by Gasteiger charge is 2.20. The van der Waals surface area contributed by atoms with E-state index in [2.05, 4.69) is 39.9 Å². The number of primary amides is 1. The topological polar surface area (TPSA) is 79.0 Å². The fourth-order valence-corrected chi connectivity index (χ4v) is 4.61. The van der Waals surface area contributed by atoms with Crippen molar-refractivity contribution in [1.82, 2.24) is 9.80 Å². The van der Waals surface area contributed by atoms with E-state index < -0.39 is 6.10 Å². The molecule has 0 spiro atoms. The van der Waals surface area contributed by atoms with Crippen LogP contribution in [0, 0.1) is 0 Å². The Morgan fingerprint density at radius 3 is 2.50 bits per heavy atom. The molecule has 3 aromatic rings. The number of nitrogens with two attached hydrogens (primary N) is 1. The van der Waals surface area contributed by atoms with Gasteiger partial charge in [0.2, 0.25) is 5.91 Å². The van der Waals surface area contributed by atoms with Crippen molar-refractivity contribution in [3.05, 3.63) is 53.2 Å². The van der Waals surface area contributed by atoms with Crippen LogP contribution in [0.4, 0.5) is 0 Å². The molecule has 7 heteroatoms. The lowest BCUT2D eigenvalue weighted by molar-refractivity contribution is -0.119. The predicted molar refractivity (Wildman–Crippen MR) is 121 cm³/mol. The fourth-order valence-electron chi connectivity index (χ4n) is 3.95. The summed E-state index contributed by atoms with van der Waals surface area (Å²) in [5, 5.41) is 16.9.